The maximum absolute atomic E-state index is 13.4. The summed E-state index contributed by atoms with van der Waals surface area (Å²) in [5.74, 6) is 0.371. The molecule has 2 saturated heterocycles. The largest absolute Gasteiger partial charge is 0.418 e. The monoisotopic (exact) mass is 483 g/mol. The second-order valence-electron chi connectivity index (χ2n) is 8.39. The quantitative estimate of drug-likeness (QED) is 0.473. The fraction of sp³-hybridized carbons (Fsp3) is 0.524. The van der Waals surface area contributed by atoms with Crippen molar-refractivity contribution in [2.24, 2.45) is 0 Å². The third-order valence-corrected chi connectivity index (χ3v) is 6.67. The third-order valence-electron chi connectivity index (χ3n) is 6.29. The molecule has 2 fully saturated rings. The van der Waals surface area contributed by atoms with Gasteiger partial charge in [-0.25, -0.2) is 9.67 Å². The lowest BCUT2D eigenvalue weighted by Crippen LogP contribution is -2.51. The molecule has 12 heteroatoms. The molecule has 0 atom stereocenters. The maximum atomic E-state index is 13.4. The van der Waals surface area contributed by atoms with Crippen molar-refractivity contribution in [1.82, 2.24) is 24.6 Å². The van der Waals surface area contributed by atoms with Gasteiger partial charge in [0.05, 0.1) is 48.1 Å². The van der Waals surface area contributed by atoms with E-state index in [0.717, 1.165) is 45.3 Å². The minimum Gasteiger partial charge on any atom is -0.385 e. The van der Waals surface area contributed by atoms with Crippen molar-refractivity contribution in [2.75, 3.05) is 43.5 Å². The first-order valence-electron chi connectivity index (χ1n) is 11.0. The summed E-state index contributed by atoms with van der Waals surface area (Å²) in [7, 11) is 0. The number of likely N-dealkylation sites (tertiary alicyclic amines) is 1. The molecule has 178 valence electrons. The normalized spacial score (nSPS) is 18.6. The average Bonchev–Trinajstić information content (AvgIpc) is 3.32. The maximum Gasteiger partial charge on any atom is 0.418 e. The Morgan fingerprint density at radius 2 is 1.97 bits per heavy atom. The molecule has 0 aromatic carbocycles. The van der Waals surface area contributed by atoms with Crippen LogP contribution < -0.4 is 10.6 Å². The van der Waals surface area contributed by atoms with Gasteiger partial charge in [-0.05, 0) is 19.8 Å². The molecule has 3 aromatic rings. The topological polar surface area (TPSA) is 83.0 Å². The van der Waals surface area contributed by atoms with Crippen molar-refractivity contribution in [2.45, 2.75) is 38.0 Å². The summed E-state index contributed by atoms with van der Waals surface area (Å²) >= 11 is 6.63. The first-order chi connectivity index (χ1) is 15.8. The summed E-state index contributed by atoms with van der Waals surface area (Å²) in [6.07, 6.45) is -0.0348. The molecule has 5 heterocycles. The van der Waals surface area contributed by atoms with E-state index in [9.17, 15) is 13.2 Å². The Morgan fingerprint density at radius 3 is 2.61 bits per heavy atom. The number of anilines is 3. The molecule has 0 unspecified atom stereocenters. The molecule has 0 saturated carbocycles. The van der Waals surface area contributed by atoms with E-state index < -0.39 is 11.7 Å². The van der Waals surface area contributed by atoms with Crippen molar-refractivity contribution < 1.29 is 17.9 Å². The summed E-state index contributed by atoms with van der Waals surface area (Å²) in [5.41, 5.74) is 0.287. The molecule has 2 aliphatic rings. The number of ether oxygens (including phenoxy) is 1. The number of aromatic amines is 1. The van der Waals surface area contributed by atoms with Gasteiger partial charge >= 0.3 is 6.18 Å². The van der Waals surface area contributed by atoms with Gasteiger partial charge in [0.15, 0.2) is 5.15 Å². The Morgan fingerprint density at radius 1 is 1.21 bits per heavy atom. The number of H-pyrrole nitrogens is 1. The zero-order valence-electron chi connectivity index (χ0n) is 18.0. The van der Waals surface area contributed by atoms with Crippen molar-refractivity contribution in [3.8, 4) is 0 Å². The van der Waals surface area contributed by atoms with Gasteiger partial charge in [-0.15, -0.1) is 0 Å². The number of fused-ring (bicyclic) bond motifs is 1. The van der Waals surface area contributed by atoms with Crippen molar-refractivity contribution in [3.05, 3.63) is 29.2 Å². The lowest BCUT2D eigenvalue weighted by atomic mass is 10.0. The summed E-state index contributed by atoms with van der Waals surface area (Å²) < 4.78 is 47.4. The number of alkyl halides is 3. The van der Waals surface area contributed by atoms with E-state index in [4.69, 9.17) is 16.3 Å². The lowest BCUT2D eigenvalue weighted by molar-refractivity contribution is -0.136. The van der Waals surface area contributed by atoms with Crippen LogP contribution in [0.2, 0.25) is 5.15 Å². The standard InChI is InChI=1S/C21H25ClF3N7O/c1-2-26-15-7-17(30-20-18(15)14(8-27-20)21(23,24)25)29-16-9-28-32(19(16)22)12-3-5-31(6-4-12)13-10-33-11-13/h7-9,12-13H,2-6,10-11H2,1H3,(H3,26,27,29,30). The Hall–Kier alpha value is -2.50. The second-order valence-corrected chi connectivity index (χ2v) is 8.74. The van der Waals surface area contributed by atoms with E-state index in [2.05, 4.69) is 30.6 Å². The number of pyridine rings is 1. The average molecular weight is 484 g/mol. The number of nitrogens with one attached hydrogen (secondary N) is 3. The third kappa shape index (κ3) is 4.24. The zero-order valence-corrected chi connectivity index (χ0v) is 18.8. The fourth-order valence-electron chi connectivity index (χ4n) is 4.51. The molecule has 8 nitrogen and oxygen atoms in total. The number of hydrogen-bond acceptors (Lipinski definition) is 6. The van der Waals surface area contributed by atoms with E-state index in [0.29, 0.717) is 34.9 Å². The molecule has 0 radical (unpaired) electrons. The highest BCUT2D eigenvalue weighted by atomic mass is 35.5. The van der Waals surface area contributed by atoms with Gasteiger partial charge < -0.3 is 20.4 Å². The Labute approximate surface area is 193 Å². The van der Waals surface area contributed by atoms with Crippen LogP contribution in [0.5, 0.6) is 0 Å². The number of nitrogens with zero attached hydrogens (tertiary/aromatic N) is 4. The van der Waals surface area contributed by atoms with Gasteiger partial charge in [-0.1, -0.05) is 11.6 Å². The van der Waals surface area contributed by atoms with Gasteiger partial charge in [0.1, 0.15) is 11.5 Å². The fourth-order valence-corrected chi connectivity index (χ4v) is 4.78. The van der Waals surface area contributed by atoms with Crippen LogP contribution in [0, 0.1) is 0 Å². The molecule has 2 aliphatic heterocycles. The molecule has 0 bridgehead atoms. The lowest BCUT2D eigenvalue weighted by Gasteiger charge is -2.41. The van der Waals surface area contributed by atoms with E-state index in [1.807, 2.05) is 11.6 Å². The predicted octanol–water partition coefficient (Wildman–Crippen LogP) is 4.64. The molecular formula is C21H25ClF3N7O. The van der Waals surface area contributed by atoms with Gasteiger partial charge in [-0.2, -0.15) is 18.3 Å². The first kappa shape index (κ1) is 22.3. The Balaban J connectivity index is 1.36. The minimum atomic E-state index is -4.48. The van der Waals surface area contributed by atoms with Gasteiger partial charge in [0.25, 0.3) is 0 Å². The Kier molecular flexibility index (Phi) is 5.87. The Bertz CT molecular complexity index is 1130. The molecule has 0 amide bonds. The summed E-state index contributed by atoms with van der Waals surface area (Å²) in [5, 5.41) is 11.1. The van der Waals surface area contributed by atoms with Crippen molar-refractivity contribution in [1.29, 1.82) is 0 Å². The summed E-state index contributed by atoms with van der Waals surface area (Å²) in [4.78, 5) is 9.42. The van der Waals surface area contributed by atoms with Crippen LogP contribution in [-0.4, -0.2) is 63.5 Å². The smallest absolute Gasteiger partial charge is 0.385 e. The molecular weight excluding hydrogens is 459 g/mol. The van der Waals surface area contributed by atoms with Crippen molar-refractivity contribution >= 4 is 39.8 Å². The number of hydrogen-bond donors (Lipinski definition) is 3. The van der Waals surface area contributed by atoms with Crippen LogP contribution in [-0.2, 0) is 10.9 Å². The zero-order chi connectivity index (χ0) is 23.2. The SMILES string of the molecule is CCNc1cc(Nc2cnn(C3CCN(C4COC4)CC3)c2Cl)nc2[nH]cc(C(F)(F)F)c12. The molecule has 5 rings (SSSR count). The van der Waals surface area contributed by atoms with Crippen molar-refractivity contribution in [3.63, 3.8) is 0 Å². The van der Waals surface area contributed by atoms with Crippen LogP contribution in [0.4, 0.5) is 30.4 Å². The van der Waals surface area contributed by atoms with Crippen LogP contribution in [0.1, 0.15) is 31.4 Å². The van der Waals surface area contributed by atoms with E-state index >= 15 is 0 Å². The highest BCUT2D eigenvalue weighted by Gasteiger charge is 2.35. The van der Waals surface area contributed by atoms with Gasteiger partial charge in [0.2, 0.25) is 0 Å². The van der Waals surface area contributed by atoms with E-state index in [-0.39, 0.29) is 17.1 Å². The number of aromatic nitrogens is 4. The highest BCUT2D eigenvalue weighted by Crippen LogP contribution is 2.39. The van der Waals surface area contributed by atoms with Crippen LogP contribution in [0.25, 0.3) is 11.0 Å². The molecule has 3 N–H and O–H groups in total. The molecule has 3 aromatic heterocycles. The number of rotatable bonds is 6. The molecule has 0 aliphatic carbocycles. The predicted molar refractivity (Wildman–Crippen MR) is 120 cm³/mol. The van der Waals surface area contributed by atoms with Crippen LogP contribution in [0.3, 0.4) is 0 Å². The first-order valence-corrected chi connectivity index (χ1v) is 11.4. The van der Waals surface area contributed by atoms with E-state index in [1.165, 1.54) is 0 Å². The number of halogens is 4. The highest BCUT2D eigenvalue weighted by molar-refractivity contribution is 6.32. The van der Waals surface area contributed by atoms with Crippen LogP contribution in [0.15, 0.2) is 18.5 Å². The van der Waals surface area contributed by atoms with E-state index in [1.54, 1.807) is 12.3 Å². The summed E-state index contributed by atoms with van der Waals surface area (Å²) in [6, 6.07) is 2.27. The van der Waals surface area contributed by atoms with Gasteiger partial charge in [-0.3, -0.25) is 4.90 Å². The molecule has 33 heavy (non-hydrogen) atoms. The minimum absolute atomic E-state index is 0.0142. The summed E-state index contributed by atoms with van der Waals surface area (Å²) in [6.45, 7) is 5.83. The molecule has 0 spiro atoms. The second kappa shape index (κ2) is 8.69. The number of piperidine rings is 1. The van der Waals surface area contributed by atoms with Crippen LogP contribution >= 0.6 is 11.6 Å². The van der Waals surface area contributed by atoms with Gasteiger partial charge in [0, 0.05) is 37.6 Å².